The zero-order chi connectivity index (χ0) is 14.3. The average Bonchev–Trinajstić information content (AvgIpc) is 2.51. The van der Waals surface area contributed by atoms with E-state index < -0.39 is 11.8 Å². The highest BCUT2D eigenvalue weighted by molar-refractivity contribution is 6.17. The smallest absolute Gasteiger partial charge is 0.171 e. The first-order chi connectivity index (χ1) is 9.65. The molecule has 0 N–H and O–H groups in total. The van der Waals surface area contributed by atoms with Crippen molar-refractivity contribution in [3.05, 3.63) is 53.3 Å². The van der Waals surface area contributed by atoms with Gasteiger partial charge in [-0.2, -0.15) is 0 Å². The quantitative estimate of drug-likeness (QED) is 0.828. The number of rotatable bonds is 2. The molecule has 0 bridgehead atoms. The minimum atomic E-state index is -0.469. The van der Waals surface area contributed by atoms with Crippen LogP contribution in [-0.4, -0.2) is 25.8 Å². The second-order valence-corrected chi connectivity index (χ2v) is 4.82. The molecule has 1 aromatic carbocycles. The lowest BCUT2D eigenvalue weighted by molar-refractivity contribution is 0.0796. The lowest BCUT2D eigenvalue weighted by atomic mass is 9.72. The Labute approximate surface area is 116 Å². The van der Waals surface area contributed by atoms with Crippen molar-refractivity contribution in [2.24, 2.45) is 11.8 Å². The highest BCUT2D eigenvalue weighted by Crippen LogP contribution is 2.36. The van der Waals surface area contributed by atoms with Crippen LogP contribution >= 0.6 is 0 Å². The second-order valence-electron chi connectivity index (χ2n) is 4.82. The number of Topliss-reactive ketones (excluding diaryl/α,β-unsaturated/α-hetero) is 2. The van der Waals surface area contributed by atoms with Gasteiger partial charge in [0.1, 0.15) is 11.5 Å². The maximum atomic E-state index is 12.5. The molecule has 2 aliphatic rings. The summed E-state index contributed by atoms with van der Waals surface area (Å²) >= 11 is 0. The Hall–Kier alpha value is -2.36. The van der Waals surface area contributed by atoms with Crippen molar-refractivity contribution in [3.63, 3.8) is 0 Å². The number of hydrogen-bond acceptors (Lipinski definition) is 4. The van der Waals surface area contributed by atoms with Gasteiger partial charge in [-0.05, 0) is 30.4 Å². The zero-order valence-corrected chi connectivity index (χ0v) is 11.3. The minimum absolute atomic E-state index is 0.0499. The van der Waals surface area contributed by atoms with Gasteiger partial charge in [0.05, 0.1) is 26.1 Å². The first kappa shape index (κ1) is 12.7. The van der Waals surface area contributed by atoms with Crippen molar-refractivity contribution in [1.29, 1.82) is 0 Å². The molecule has 4 heteroatoms. The van der Waals surface area contributed by atoms with E-state index in [2.05, 4.69) is 0 Å². The Balaban J connectivity index is 2.11. The molecule has 0 aliphatic heterocycles. The Kier molecular flexibility index (Phi) is 2.93. The molecule has 0 radical (unpaired) electrons. The van der Waals surface area contributed by atoms with Crippen molar-refractivity contribution >= 4 is 11.6 Å². The van der Waals surface area contributed by atoms with Crippen molar-refractivity contribution < 1.29 is 19.1 Å². The first-order valence-electron chi connectivity index (χ1n) is 6.36. The van der Waals surface area contributed by atoms with E-state index in [1.54, 1.807) is 43.5 Å². The van der Waals surface area contributed by atoms with Crippen LogP contribution in [0.4, 0.5) is 0 Å². The lowest BCUT2D eigenvalue weighted by Crippen LogP contribution is -2.35. The molecule has 102 valence electrons. The summed E-state index contributed by atoms with van der Waals surface area (Å²) in [5.74, 6) is 0.183. The molecule has 2 unspecified atom stereocenters. The summed E-state index contributed by atoms with van der Waals surface area (Å²) in [6, 6.07) is 4.99. The van der Waals surface area contributed by atoms with Gasteiger partial charge in [0.2, 0.25) is 0 Å². The highest BCUT2D eigenvalue weighted by Gasteiger charge is 2.40. The fraction of sp³-hybridized carbons (Fsp3) is 0.250. The number of fused-ring (bicyclic) bond motifs is 2. The fourth-order valence-corrected chi connectivity index (χ4v) is 2.71. The van der Waals surface area contributed by atoms with Crippen molar-refractivity contribution in [2.75, 3.05) is 14.2 Å². The van der Waals surface area contributed by atoms with Crippen LogP contribution in [0, 0.1) is 11.8 Å². The molecular formula is C16H14O4. The van der Waals surface area contributed by atoms with Gasteiger partial charge in [-0.15, -0.1) is 0 Å². The van der Waals surface area contributed by atoms with E-state index in [0.29, 0.717) is 22.6 Å². The van der Waals surface area contributed by atoms with Crippen LogP contribution in [0.15, 0.2) is 42.2 Å². The number of carbonyl (C=O) groups is 2. The van der Waals surface area contributed by atoms with Crippen LogP contribution < -0.4 is 4.74 Å². The number of benzene rings is 1. The third-order valence-electron chi connectivity index (χ3n) is 3.80. The molecule has 0 amide bonds. The van der Waals surface area contributed by atoms with E-state index in [1.165, 1.54) is 7.11 Å². The highest BCUT2D eigenvalue weighted by atomic mass is 16.5. The Morgan fingerprint density at radius 1 is 0.950 bits per heavy atom. The molecule has 0 heterocycles. The fourth-order valence-electron chi connectivity index (χ4n) is 2.71. The summed E-state index contributed by atoms with van der Waals surface area (Å²) in [6.07, 6.45) is 5.20. The van der Waals surface area contributed by atoms with E-state index >= 15 is 0 Å². The number of allylic oxidation sites excluding steroid dienone is 3. The summed E-state index contributed by atoms with van der Waals surface area (Å²) in [4.78, 5) is 25.1. The summed E-state index contributed by atoms with van der Waals surface area (Å²) in [5.41, 5.74) is 0.897. The van der Waals surface area contributed by atoms with Crippen LogP contribution in [0.2, 0.25) is 0 Å². The standard InChI is InChI=1S/C16H14O4/c1-19-9-3-5-11-13(7-9)15(17)12-6-4-10(20-2)8-14(12)16(11)18/h3-8,11,13H,1-2H3. The third kappa shape index (κ3) is 1.76. The summed E-state index contributed by atoms with van der Waals surface area (Å²) in [7, 11) is 3.08. The van der Waals surface area contributed by atoms with Crippen molar-refractivity contribution in [2.45, 2.75) is 0 Å². The molecule has 4 nitrogen and oxygen atoms in total. The van der Waals surface area contributed by atoms with Gasteiger partial charge in [-0.3, -0.25) is 9.59 Å². The predicted octanol–water partition coefficient (Wildman–Crippen LogP) is 2.41. The first-order valence-corrected chi connectivity index (χ1v) is 6.36. The number of hydrogen-bond donors (Lipinski definition) is 0. The topological polar surface area (TPSA) is 52.6 Å². The lowest BCUT2D eigenvalue weighted by Gasteiger charge is -2.29. The molecule has 20 heavy (non-hydrogen) atoms. The molecule has 0 aromatic heterocycles. The predicted molar refractivity (Wildman–Crippen MR) is 72.9 cm³/mol. The van der Waals surface area contributed by atoms with Gasteiger partial charge < -0.3 is 9.47 Å². The van der Waals surface area contributed by atoms with Gasteiger partial charge in [0.15, 0.2) is 11.6 Å². The second kappa shape index (κ2) is 4.63. The summed E-state index contributed by atoms with van der Waals surface area (Å²) in [5, 5.41) is 0. The van der Waals surface area contributed by atoms with Crippen molar-refractivity contribution in [1.82, 2.24) is 0 Å². The van der Waals surface area contributed by atoms with Crippen LogP contribution in [0.1, 0.15) is 20.7 Å². The maximum Gasteiger partial charge on any atom is 0.171 e. The number of ether oxygens (including phenoxy) is 2. The van der Waals surface area contributed by atoms with Gasteiger partial charge in [0, 0.05) is 11.1 Å². The number of methoxy groups -OCH3 is 2. The van der Waals surface area contributed by atoms with Gasteiger partial charge >= 0.3 is 0 Å². The van der Waals surface area contributed by atoms with E-state index in [9.17, 15) is 9.59 Å². The normalized spacial score (nSPS) is 23.8. The van der Waals surface area contributed by atoms with E-state index in [1.807, 2.05) is 0 Å². The molecule has 1 aromatic rings. The molecular weight excluding hydrogens is 256 g/mol. The largest absolute Gasteiger partial charge is 0.497 e. The molecule has 0 fully saturated rings. The molecule has 0 spiro atoms. The number of carbonyl (C=O) groups excluding carboxylic acids is 2. The Morgan fingerprint density at radius 2 is 1.70 bits per heavy atom. The van der Waals surface area contributed by atoms with Crippen LogP contribution in [0.5, 0.6) is 5.75 Å². The monoisotopic (exact) mass is 270 g/mol. The van der Waals surface area contributed by atoms with E-state index in [-0.39, 0.29) is 11.6 Å². The SMILES string of the molecule is COC1=CC2C(=O)c3ccc(OC)cc3C(=O)C2C=C1. The van der Waals surface area contributed by atoms with Crippen LogP contribution in [0.25, 0.3) is 0 Å². The van der Waals surface area contributed by atoms with Gasteiger partial charge in [0.25, 0.3) is 0 Å². The van der Waals surface area contributed by atoms with Crippen LogP contribution in [-0.2, 0) is 4.74 Å². The van der Waals surface area contributed by atoms with Crippen molar-refractivity contribution in [3.8, 4) is 5.75 Å². The van der Waals surface area contributed by atoms with Crippen LogP contribution in [0.3, 0.4) is 0 Å². The van der Waals surface area contributed by atoms with E-state index in [0.717, 1.165) is 0 Å². The summed E-state index contributed by atoms with van der Waals surface area (Å²) < 4.78 is 10.3. The van der Waals surface area contributed by atoms with Gasteiger partial charge in [-0.1, -0.05) is 6.08 Å². The molecule has 2 atom stereocenters. The summed E-state index contributed by atoms with van der Waals surface area (Å²) in [6.45, 7) is 0. The molecule has 0 saturated heterocycles. The minimum Gasteiger partial charge on any atom is -0.497 e. The molecule has 2 aliphatic carbocycles. The molecule has 0 saturated carbocycles. The van der Waals surface area contributed by atoms with Gasteiger partial charge in [-0.25, -0.2) is 0 Å². The van der Waals surface area contributed by atoms with E-state index in [4.69, 9.17) is 9.47 Å². The Bertz CT molecular complexity index is 654. The maximum absolute atomic E-state index is 12.5. The zero-order valence-electron chi connectivity index (χ0n) is 11.3. The molecule has 3 rings (SSSR count). The third-order valence-corrected chi connectivity index (χ3v) is 3.80. The number of ketones is 2. The Morgan fingerprint density at radius 3 is 2.40 bits per heavy atom. The average molecular weight is 270 g/mol.